The van der Waals surface area contributed by atoms with Gasteiger partial charge in [0.25, 0.3) is 0 Å². The van der Waals surface area contributed by atoms with Crippen LogP contribution in [0.25, 0.3) is 0 Å². The van der Waals surface area contributed by atoms with Crippen LogP contribution in [0.1, 0.15) is 81.8 Å². The van der Waals surface area contributed by atoms with E-state index in [0.717, 1.165) is 88.6 Å². The second-order valence-corrected chi connectivity index (χ2v) is 14.3. The Morgan fingerprint density at radius 3 is 2.32 bits per heavy atom. The molecule has 3 atom stereocenters. The highest BCUT2D eigenvalue weighted by Gasteiger charge is 2.46. The van der Waals surface area contributed by atoms with Gasteiger partial charge in [-0.25, -0.2) is 0 Å². The molecular weight excluding hydrogens is 568 g/mol. The summed E-state index contributed by atoms with van der Waals surface area (Å²) in [6.07, 6.45) is 10.2. The van der Waals surface area contributed by atoms with Gasteiger partial charge in [-0.2, -0.15) is 0 Å². The summed E-state index contributed by atoms with van der Waals surface area (Å²) in [5.74, 6) is 1.51. The van der Waals surface area contributed by atoms with Crippen molar-refractivity contribution in [3.63, 3.8) is 0 Å². The molecule has 2 saturated carbocycles. The fourth-order valence-electron chi connectivity index (χ4n) is 8.64. The summed E-state index contributed by atoms with van der Waals surface area (Å²) >= 11 is 6.16. The molecule has 238 valence electrons. The normalized spacial score (nSPS) is 25.4. The predicted molar refractivity (Wildman–Crippen MR) is 179 cm³/mol. The van der Waals surface area contributed by atoms with Gasteiger partial charge in [0.2, 0.25) is 0 Å². The van der Waals surface area contributed by atoms with Gasteiger partial charge in [0.1, 0.15) is 6.04 Å². The van der Waals surface area contributed by atoms with Crippen LogP contribution in [0, 0.1) is 11.8 Å². The molecule has 6 nitrogen and oxygen atoms in total. The van der Waals surface area contributed by atoms with Crippen molar-refractivity contribution in [1.82, 2.24) is 20.0 Å². The molecule has 2 aliphatic heterocycles. The monoisotopic (exact) mass is 618 g/mol. The molecule has 4 aliphatic rings. The van der Waals surface area contributed by atoms with Crippen LogP contribution in [0.2, 0.25) is 5.02 Å². The van der Waals surface area contributed by atoms with Crippen LogP contribution in [0.15, 0.2) is 67.0 Å². The fourth-order valence-corrected chi connectivity index (χ4v) is 8.77. The molecule has 0 unspecified atom stereocenters. The summed E-state index contributed by atoms with van der Waals surface area (Å²) in [6, 6.07) is 19.2. The lowest BCUT2D eigenvalue weighted by molar-refractivity contribution is -0.145. The zero-order valence-corrected chi connectivity index (χ0v) is 27.2. The molecule has 0 spiro atoms. The summed E-state index contributed by atoms with van der Waals surface area (Å²) in [6.45, 7) is 12.6. The first kappa shape index (κ1) is 31.4. The fraction of sp³-hybridized carbons (Fsp3) is 0.595. The Balaban J connectivity index is 1.08. The summed E-state index contributed by atoms with van der Waals surface area (Å²) in [4.78, 5) is 20.1. The van der Waals surface area contributed by atoms with Gasteiger partial charge in [0.05, 0.1) is 11.4 Å². The van der Waals surface area contributed by atoms with Gasteiger partial charge in [-0.1, -0.05) is 79.9 Å². The lowest BCUT2D eigenvalue weighted by atomic mass is 9.83. The van der Waals surface area contributed by atoms with E-state index >= 15 is 0 Å². The number of hydrogen-bond donors (Lipinski definition) is 2. The smallest absolute Gasteiger partial charge is 0.321 e. The molecule has 0 radical (unpaired) electrons. The van der Waals surface area contributed by atoms with Gasteiger partial charge in [-0.15, -0.1) is 0 Å². The van der Waals surface area contributed by atoms with Gasteiger partial charge < -0.3 is 20.2 Å². The Bertz CT molecular complexity index is 1250. The molecule has 2 aromatic rings. The molecule has 0 bridgehead atoms. The maximum absolute atomic E-state index is 12.6. The Hall–Kier alpha value is -2.54. The number of hydrogen-bond acceptors (Lipinski definition) is 5. The van der Waals surface area contributed by atoms with E-state index in [0.29, 0.717) is 17.9 Å². The third-order valence-corrected chi connectivity index (χ3v) is 11.4. The van der Waals surface area contributed by atoms with E-state index in [4.69, 9.17) is 11.6 Å². The number of rotatable bonds is 12. The first-order valence-corrected chi connectivity index (χ1v) is 17.5. The highest BCUT2D eigenvalue weighted by Crippen LogP contribution is 2.47. The summed E-state index contributed by atoms with van der Waals surface area (Å²) < 4.78 is 0. The van der Waals surface area contributed by atoms with Crippen molar-refractivity contribution in [2.75, 3.05) is 39.3 Å². The lowest BCUT2D eigenvalue weighted by Crippen LogP contribution is -2.49. The Morgan fingerprint density at radius 1 is 1.02 bits per heavy atom. The van der Waals surface area contributed by atoms with Gasteiger partial charge in [-0.3, -0.25) is 9.69 Å². The summed E-state index contributed by atoms with van der Waals surface area (Å²) in [5.41, 5.74) is 2.64. The SMILES string of the molecule is C=C(NC1(c2ccc(Cl)cc2)CC1)N(CC)C1CCN(C[C@H]2CN([C@@H](C(=O)O)C3CCCCC3)C[C@@H]2c2ccccc2)CC1. The van der Waals surface area contributed by atoms with E-state index in [1.807, 2.05) is 12.1 Å². The minimum Gasteiger partial charge on any atom is -0.480 e. The molecule has 2 heterocycles. The second-order valence-electron chi connectivity index (χ2n) is 13.9. The highest BCUT2D eigenvalue weighted by atomic mass is 35.5. The van der Waals surface area contributed by atoms with Crippen molar-refractivity contribution >= 4 is 17.6 Å². The van der Waals surface area contributed by atoms with Crippen molar-refractivity contribution in [3.05, 3.63) is 83.1 Å². The van der Waals surface area contributed by atoms with Gasteiger partial charge in [-0.05, 0) is 80.5 Å². The Labute approximate surface area is 269 Å². The number of benzene rings is 2. The molecule has 2 aliphatic carbocycles. The van der Waals surface area contributed by atoms with Crippen LogP contribution < -0.4 is 5.32 Å². The van der Waals surface area contributed by atoms with E-state index in [1.54, 1.807) is 0 Å². The second kappa shape index (κ2) is 13.8. The summed E-state index contributed by atoms with van der Waals surface area (Å²) in [7, 11) is 0. The number of likely N-dealkylation sites (tertiary alicyclic amines) is 2. The standard InChI is InChI=1S/C37H51ClN4O2/c1-3-42(27(2)39-37(20-21-37)31-14-16-32(38)17-15-31)33-18-22-40(23-19-33)24-30-25-41(26-34(30)28-10-6-4-7-11-28)35(36(43)44)29-12-8-5-9-13-29/h4,6-7,10-11,14-17,29-30,33-35,39H,2-3,5,8-9,12-13,18-26H2,1H3,(H,43,44)/t30-,34+,35+/m0/s1. The molecule has 7 heteroatoms. The lowest BCUT2D eigenvalue weighted by Gasteiger charge is -2.42. The number of carboxylic acids is 1. The van der Waals surface area contributed by atoms with E-state index in [9.17, 15) is 9.90 Å². The first-order valence-electron chi connectivity index (χ1n) is 17.1. The molecule has 44 heavy (non-hydrogen) atoms. The van der Waals surface area contributed by atoms with Gasteiger partial charge >= 0.3 is 5.97 Å². The number of carboxylic acid groups (broad SMARTS) is 1. The van der Waals surface area contributed by atoms with Crippen LogP contribution in [0.3, 0.4) is 0 Å². The molecular formula is C37H51ClN4O2. The van der Waals surface area contributed by atoms with Gasteiger partial charge in [0, 0.05) is 56.3 Å². The zero-order valence-electron chi connectivity index (χ0n) is 26.5. The van der Waals surface area contributed by atoms with Crippen molar-refractivity contribution < 1.29 is 9.90 Å². The van der Waals surface area contributed by atoms with Crippen LogP contribution >= 0.6 is 11.6 Å². The van der Waals surface area contributed by atoms with Crippen LogP contribution in [0.5, 0.6) is 0 Å². The van der Waals surface area contributed by atoms with Crippen LogP contribution in [-0.2, 0) is 10.3 Å². The van der Waals surface area contributed by atoms with E-state index in [2.05, 4.69) is 76.0 Å². The minimum atomic E-state index is -0.622. The summed E-state index contributed by atoms with van der Waals surface area (Å²) in [5, 5.41) is 15.0. The van der Waals surface area contributed by atoms with E-state index in [-0.39, 0.29) is 17.5 Å². The number of piperidine rings is 1. The van der Waals surface area contributed by atoms with Crippen LogP contribution in [0.4, 0.5) is 0 Å². The number of carbonyl (C=O) groups is 1. The number of nitrogens with one attached hydrogen (secondary N) is 1. The number of halogens is 1. The molecule has 2 saturated heterocycles. The number of aliphatic carboxylic acids is 1. The quantitative estimate of drug-likeness (QED) is 0.269. The van der Waals surface area contributed by atoms with Gasteiger partial charge in [0.15, 0.2) is 0 Å². The van der Waals surface area contributed by atoms with Crippen molar-refractivity contribution in [2.24, 2.45) is 11.8 Å². The van der Waals surface area contributed by atoms with Crippen molar-refractivity contribution in [2.45, 2.75) is 88.3 Å². The first-order chi connectivity index (χ1) is 21.4. The molecule has 2 N–H and O–H groups in total. The minimum absolute atomic E-state index is 0.0119. The van der Waals surface area contributed by atoms with E-state index < -0.39 is 5.97 Å². The maximum atomic E-state index is 12.6. The highest BCUT2D eigenvalue weighted by molar-refractivity contribution is 6.30. The number of nitrogens with zero attached hydrogens (tertiary/aromatic N) is 3. The molecule has 4 fully saturated rings. The third kappa shape index (κ3) is 6.98. The topological polar surface area (TPSA) is 59.0 Å². The molecule has 6 rings (SSSR count). The Kier molecular flexibility index (Phi) is 9.89. The Morgan fingerprint density at radius 2 is 1.70 bits per heavy atom. The third-order valence-electron chi connectivity index (χ3n) is 11.1. The molecule has 2 aromatic carbocycles. The zero-order chi connectivity index (χ0) is 30.7. The maximum Gasteiger partial charge on any atom is 0.321 e. The van der Waals surface area contributed by atoms with Crippen molar-refractivity contribution in [1.29, 1.82) is 0 Å². The average Bonchev–Trinajstić information content (AvgIpc) is 3.70. The molecule has 0 amide bonds. The largest absolute Gasteiger partial charge is 0.480 e. The van der Waals surface area contributed by atoms with Crippen molar-refractivity contribution in [3.8, 4) is 0 Å². The molecule has 0 aromatic heterocycles. The predicted octanol–water partition coefficient (Wildman–Crippen LogP) is 6.93. The average molecular weight is 619 g/mol. The van der Waals surface area contributed by atoms with E-state index in [1.165, 1.54) is 30.4 Å². The van der Waals surface area contributed by atoms with Crippen LogP contribution in [-0.4, -0.2) is 77.1 Å².